The summed E-state index contributed by atoms with van der Waals surface area (Å²) >= 11 is 0. The van der Waals surface area contributed by atoms with Crippen LogP contribution in [0.1, 0.15) is 37.7 Å². The van der Waals surface area contributed by atoms with Crippen LogP contribution in [0.2, 0.25) is 0 Å². The van der Waals surface area contributed by atoms with Crippen molar-refractivity contribution >= 4 is 11.6 Å². The van der Waals surface area contributed by atoms with Crippen LogP contribution in [0.25, 0.3) is 0 Å². The van der Waals surface area contributed by atoms with Crippen LogP contribution < -0.4 is 11.1 Å². The Labute approximate surface area is 125 Å². The minimum atomic E-state index is -4.58. The molecule has 0 aromatic heterocycles. The summed E-state index contributed by atoms with van der Waals surface area (Å²) in [5, 5.41) is 2.22. The smallest absolute Gasteiger partial charge is 0.327 e. The van der Waals surface area contributed by atoms with Gasteiger partial charge in [-0.25, -0.2) is 4.39 Å². The van der Waals surface area contributed by atoms with Gasteiger partial charge in [0.1, 0.15) is 5.82 Å². The van der Waals surface area contributed by atoms with E-state index in [9.17, 15) is 22.4 Å². The summed E-state index contributed by atoms with van der Waals surface area (Å²) < 4.78 is 51.4. The summed E-state index contributed by atoms with van der Waals surface area (Å²) in [4.78, 5) is 11.9. The van der Waals surface area contributed by atoms with Gasteiger partial charge in [0.25, 0.3) is 0 Å². The van der Waals surface area contributed by atoms with Gasteiger partial charge in [-0.05, 0) is 37.0 Å². The fourth-order valence-electron chi connectivity index (χ4n) is 2.73. The van der Waals surface area contributed by atoms with Crippen molar-refractivity contribution < 1.29 is 22.4 Å². The highest BCUT2D eigenvalue weighted by atomic mass is 19.4. The third-order valence-electron chi connectivity index (χ3n) is 3.98. The van der Waals surface area contributed by atoms with Crippen LogP contribution >= 0.6 is 0 Å². The van der Waals surface area contributed by atoms with E-state index in [0.29, 0.717) is 18.2 Å². The maximum Gasteiger partial charge on any atom is 0.416 e. The summed E-state index contributed by atoms with van der Waals surface area (Å²) in [6, 6.07) is 1.85. The second kappa shape index (κ2) is 6.64. The summed E-state index contributed by atoms with van der Waals surface area (Å²) in [5.41, 5.74) is 4.47. The molecule has 2 unspecified atom stereocenters. The fourth-order valence-corrected chi connectivity index (χ4v) is 2.73. The molecule has 1 saturated carbocycles. The number of hydrogen-bond acceptors (Lipinski definition) is 2. The first-order valence-corrected chi connectivity index (χ1v) is 7.19. The van der Waals surface area contributed by atoms with E-state index < -0.39 is 29.2 Å². The molecule has 0 spiro atoms. The normalized spacial score (nSPS) is 22.4. The van der Waals surface area contributed by atoms with E-state index in [4.69, 9.17) is 5.73 Å². The Balaban J connectivity index is 2.04. The Morgan fingerprint density at radius 3 is 2.59 bits per heavy atom. The Bertz CT molecular complexity index is 545. The summed E-state index contributed by atoms with van der Waals surface area (Å²) in [5.74, 6) is -1.42. The van der Waals surface area contributed by atoms with E-state index >= 15 is 0 Å². The van der Waals surface area contributed by atoms with E-state index in [1.165, 1.54) is 0 Å². The third kappa shape index (κ3) is 4.19. The zero-order valence-corrected chi connectivity index (χ0v) is 11.9. The maximum atomic E-state index is 13.6. The number of carbonyl (C=O) groups excluding carboxylic acids is 1. The highest BCUT2D eigenvalue weighted by molar-refractivity contribution is 5.91. The summed E-state index contributed by atoms with van der Waals surface area (Å²) in [6.07, 6.45) is -0.865. The third-order valence-corrected chi connectivity index (χ3v) is 3.98. The molecular weight excluding hydrogens is 300 g/mol. The number of carbonyl (C=O) groups is 1. The number of anilines is 1. The number of nitrogens with one attached hydrogen (secondary N) is 1. The Hall–Kier alpha value is -1.63. The second-order valence-corrected chi connectivity index (χ2v) is 5.65. The molecule has 2 atom stereocenters. The summed E-state index contributed by atoms with van der Waals surface area (Å²) in [7, 11) is 0. The molecule has 1 aromatic rings. The molecule has 0 aliphatic heterocycles. The van der Waals surface area contributed by atoms with Crippen molar-refractivity contribution in [1.29, 1.82) is 0 Å². The largest absolute Gasteiger partial charge is 0.416 e. The predicted octanol–water partition coefficient (Wildman–Crippen LogP) is 3.69. The van der Waals surface area contributed by atoms with Crippen LogP contribution in [0, 0.1) is 11.7 Å². The Morgan fingerprint density at radius 1 is 1.27 bits per heavy atom. The molecule has 7 heteroatoms. The number of alkyl halides is 3. The topological polar surface area (TPSA) is 55.1 Å². The van der Waals surface area contributed by atoms with E-state index in [0.717, 1.165) is 25.7 Å². The van der Waals surface area contributed by atoms with Crippen LogP contribution in [-0.2, 0) is 11.0 Å². The lowest BCUT2D eigenvalue weighted by Crippen LogP contribution is -2.35. The van der Waals surface area contributed by atoms with Gasteiger partial charge in [0, 0.05) is 12.5 Å². The molecule has 0 saturated heterocycles. The quantitative estimate of drug-likeness (QED) is 0.835. The standard InChI is InChI=1S/C15H18F4N2O/c16-11-6-5-10(15(17,18)19)8-13(11)21-14(22)7-9-3-1-2-4-12(9)20/h5-6,8-9,12H,1-4,7,20H2,(H,21,22). The van der Waals surface area contributed by atoms with Crippen LogP contribution in [0.4, 0.5) is 23.2 Å². The molecule has 22 heavy (non-hydrogen) atoms. The summed E-state index contributed by atoms with van der Waals surface area (Å²) in [6.45, 7) is 0. The second-order valence-electron chi connectivity index (χ2n) is 5.65. The molecule has 1 aromatic carbocycles. The van der Waals surface area contributed by atoms with Crippen LogP contribution in [0.5, 0.6) is 0 Å². The molecule has 1 aliphatic carbocycles. The van der Waals surface area contributed by atoms with Crippen molar-refractivity contribution in [3.05, 3.63) is 29.6 Å². The van der Waals surface area contributed by atoms with Gasteiger partial charge in [-0.15, -0.1) is 0 Å². The van der Waals surface area contributed by atoms with Crippen LogP contribution in [0.15, 0.2) is 18.2 Å². The number of amides is 1. The highest BCUT2D eigenvalue weighted by Crippen LogP contribution is 2.32. The molecule has 1 amide bonds. The number of benzene rings is 1. The maximum absolute atomic E-state index is 13.6. The molecule has 0 bridgehead atoms. The SMILES string of the molecule is NC1CCCCC1CC(=O)Nc1cc(C(F)(F)F)ccc1F. The van der Waals surface area contributed by atoms with Crippen molar-refractivity contribution in [1.82, 2.24) is 0 Å². The molecule has 0 heterocycles. The lowest BCUT2D eigenvalue weighted by molar-refractivity contribution is -0.137. The molecule has 3 N–H and O–H groups in total. The van der Waals surface area contributed by atoms with E-state index in [1.807, 2.05) is 0 Å². The van der Waals surface area contributed by atoms with Gasteiger partial charge < -0.3 is 11.1 Å². The van der Waals surface area contributed by atoms with Gasteiger partial charge in [0.05, 0.1) is 11.3 Å². The van der Waals surface area contributed by atoms with E-state index in [2.05, 4.69) is 5.32 Å². The van der Waals surface area contributed by atoms with E-state index in [-0.39, 0.29) is 18.4 Å². The minimum absolute atomic E-state index is 0.0115. The first-order chi connectivity index (χ1) is 10.3. The van der Waals surface area contributed by atoms with Gasteiger partial charge in [0.2, 0.25) is 5.91 Å². The van der Waals surface area contributed by atoms with Crippen molar-refractivity contribution in [3.63, 3.8) is 0 Å². The number of halogens is 4. The van der Waals surface area contributed by atoms with Gasteiger partial charge >= 0.3 is 6.18 Å². The minimum Gasteiger partial charge on any atom is -0.327 e. The van der Waals surface area contributed by atoms with Gasteiger partial charge in [-0.3, -0.25) is 4.79 Å². The highest BCUT2D eigenvalue weighted by Gasteiger charge is 2.31. The van der Waals surface area contributed by atoms with Crippen molar-refractivity contribution in [2.45, 2.75) is 44.3 Å². The molecule has 1 aliphatic rings. The number of nitrogens with two attached hydrogens (primary N) is 1. The zero-order valence-electron chi connectivity index (χ0n) is 11.9. The van der Waals surface area contributed by atoms with E-state index in [1.54, 1.807) is 0 Å². The molecule has 3 nitrogen and oxygen atoms in total. The molecule has 0 radical (unpaired) electrons. The average molecular weight is 318 g/mol. The van der Waals surface area contributed by atoms with Crippen molar-refractivity contribution in [2.75, 3.05) is 5.32 Å². The molecule has 122 valence electrons. The lowest BCUT2D eigenvalue weighted by atomic mass is 9.83. The van der Waals surface area contributed by atoms with Crippen LogP contribution in [0.3, 0.4) is 0 Å². The monoisotopic (exact) mass is 318 g/mol. The average Bonchev–Trinajstić information content (AvgIpc) is 2.42. The van der Waals surface area contributed by atoms with Crippen molar-refractivity contribution in [3.8, 4) is 0 Å². The first-order valence-electron chi connectivity index (χ1n) is 7.19. The first kappa shape index (κ1) is 16.7. The molecular formula is C15H18F4N2O. The number of hydrogen-bond donors (Lipinski definition) is 2. The van der Waals surface area contributed by atoms with Crippen molar-refractivity contribution in [2.24, 2.45) is 11.7 Å². The lowest BCUT2D eigenvalue weighted by Gasteiger charge is -2.28. The van der Waals surface area contributed by atoms with Gasteiger partial charge in [-0.1, -0.05) is 12.8 Å². The van der Waals surface area contributed by atoms with Gasteiger partial charge in [-0.2, -0.15) is 13.2 Å². The fraction of sp³-hybridized carbons (Fsp3) is 0.533. The Morgan fingerprint density at radius 2 is 1.95 bits per heavy atom. The van der Waals surface area contributed by atoms with Crippen LogP contribution in [-0.4, -0.2) is 11.9 Å². The number of rotatable bonds is 3. The molecule has 2 rings (SSSR count). The molecule has 1 fully saturated rings. The predicted molar refractivity (Wildman–Crippen MR) is 74.6 cm³/mol. The van der Waals surface area contributed by atoms with Gasteiger partial charge in [0.15, 0.2) is 0 Å². The Kier molecular flexibility index (Phi) is 5.05. The zero-order chi connectivity index (χ0) is 16.3.